The van der Waals surface area contributed by atoms with E-state index in [-0.39, 0.29) is 30.0 Å². The minimum Gasteiger partial charge on any atom is -0.298 e. The molecule has 2 unspecified atom stereocenters. The second-order valence-corrected chi connectivity index (χ2v) is 10.1. The van der Waals surface area contributed by atoms with E-state index >= 15 is 0 Å². The molecule has 0 aliphatic heterocycles. The highest BCUT2D eigenvalue weighted by molar-refractivity contribution is 5.43. The van der Waals surface area contributed by atoms with Crippen molar-refractivity contribution >= 4 is 0 Å². The predicted molar refractivity (Wildman–Crippen MR) is 127 cm³/mol. The summed E-state index contributed by atoms with van der Waals surface area (Å²) in [7, 11) is 0. The maximum Gasteiger partial charge on any atom is 0.417 e. The van der Waals surface area contributed by atoms with Gasteiger partial charge in [0.25, 0.3) is 0 Å². The molecule has 0 amide bonds. The zero-order chi connectivity index (χ0) is 26.7. The molecule has 2 nitrogen and oxygen atoms in total. The number of rotatable bonds is 10. The number of hydrogen-bond acceptors (Lipinski definition) is 2. The number of nitriles is 1. The second-order valence-electron chi connectivity index (χ2n) is 10.1. The van der Waals surface area contributed by atoms with Crippen LogP contribution in [-0.4, -0.2) is 23.5 Å². The van der Waals surface area contributed by atoms with Gasteiger partial charge in [-0.1, -0.05) is 36.4 Å². The molecule has 0 bridgehead atoms. The summed E-state index contributed by atoms with van der Waals surface area (Å²) in [6.45, 7) is 6.97. The van der Waals surface area contributed by atoms with Crippen LogP contribution in [0.4, 0.5) is 26.3 Å². The molecule has 1 aliphatic rings. The molecule has 2 atom stereocenters. The molecule has 0 N–H and O–H groups in total. The Morgan fingerprint density at radius 3 is 2.03 bits per heavy atom. The first-order valence-corrected chi connectivity index (χ1v) is 12.3. The van der Waals surface area contributed by atoms with E-state index in [9.17, 15) is 31.6 Å². The zero-order valence-electron chi connectivity index (χ0n) is 20.8. The summed E-state index contributed by atoms with van der Waals surface area (Å²) in [4.78, 5) is 2.30. The van der Waals surface area contributed by atoms with Crippen molar-refractivity contribution in [3.05, 3.63) is 70.8 Å². The summed E-state index contributed by atoms with van der Waals surface area (Å²) in [5.74, 6) is -0.163. The summed E-state index contributed by atoms with van der Waals surface area (Å²) in [5.41, 5.74) is -3.47. The third kappa shape index (κ3) is 6.42. The van der Waals surface area contributed by atoms with Crippen LogP contribution in [-0.2, 0) is 24.2 Å². The molecule has 2 aromatic carbocycles. The first-order valence-electron chi connectivity index (χ1n) is 12.3. The van der Waals surface area contributed by atoms with Gasteiger partial charge in [-0.15, -0.1) is 0 Å². The van der Waals surface area contributed by atoms with E-state index in [2.05, 4.69) is 36.9 Å². The second kappa shape index (κ2) is 10.8. The number of alkyl halides is 6. The minimum atomic E-state index is -5.18. The van der Waals surface area contributed by atoms with E-state index in [0.717, 1.165) is 19.0 Å². The third-order valence-corrected chi connectivity index (χ3v) is 7.31. The van der Waals surface area contributed by atoms with Crippen molar-refractivity contribution in [1.29, 1.82) is 5.26 Å². The summed E-state index contributed by atoms with van der Waals surface area (Å²) in [6.07, 6.45) is -7.30. The van der Waals surface area contributed by atoms with Crippen LogP contribution in [0.3, 0.4) is 0 Å². The summed E-state index contributed by atoms with van der Waals surface area (Å²) >= 11 is 0. The van der Waals surface area contributed by atoms with Gasteiger partial charge in [0.15, 0.2) is 0 Å². The van der Waals surface area contributed by atoms with Crippen LogP contribution in [0.5, 0.6) is 0 Å². The van der Waals surface area contributed by atoms with Crippen molar-refractivity contribution in [2.24, 2.45) is 5.92 Å². The van der Waals surface area contributed by atoms with Gasteiger partial charge in [-0.3, -0.25) is 4.90 Å². The van der Waals surface area contributed by atoms with E-state index in [1.807, 2.05) is 25.1 Å². The fourth-order valence-electron chi connectivity index (χ4n) is 5.17. The molecule has 0 spiro atoms. The minimum absolute atomic E-state index is 0.0282. The fourth-order valence-corrected chi connectivity index (χ4v) is 5.17. The van der Waals surface area contributed by atoms with Crippen LogP contribution >= 0.6 is 0 Å². The largest absolute Gasteiger partial charge is 0.417 e. The highest BCUT2D eigenvalue weighted by Gasteiger charge is 2.49. The molecule has 0 aromatic heterocycles. The number of halogens is 6. The topological polar surface area (TPSA) is 27.0 Å². The van der Waals surface area contributed by atoms with Crippen molar-refractivity contribution in [1.82, 2.24) is 4.90 Å². The van der Waals surface area contributed by atoms with Gasteiger partial charge in [0, 0.05) is 18.6 Å². The average molecular weight is 511 g/mol. The van der Waals surface area contributed by atoms with Crippen LogP contribution in [0.15, 0.2) is 48.5 Å². The van der Waals surface area contributed by atoms with Gasteiger partial charge in [-0.05, 0) is 82.1 Å². The van der Waals surface area contributed by atoms with Crippen LogP contribution < -0.4 is 0 Å². The Morgan fingerprint density at radius 2 is 1.53 bits per heavy atom. The number of benzene rings is 2. The van der Waals surface area contributed by atoms with Crippen molar-refractivity contribution in [2.75, 3.05) is 6.54 Å². The third-order valence-electron chi connectivity index (χ3n) is 7.31. The molecular weight excluding hydrogens is 478 g/mol. The smallest absolute Gasteiger partial charge is 0.298 e. The van der Waals surface area contributed by atoms with Crippen molar-refractivity contribution in [3.63, 3.8) is 0 Å². The molecule has 8 heteroatoms. The summed E-state index contributed by atoms with van der Waals surface area (Å²) in [6, 6.07) is 14.6. The quantitative estimate of drug-likeness (QED) is 0.303. The lowest BCUT2D eigenvalue weighted by atomic mass is 9.72. The van der Waals surface area contributed by atoms with Crippen molar-refractivity contribution in [3.8, 4) is 6.07 Å². The van der Waals surface area contributed by atoms with E-state index in [1.54, 1.807) is 0 Å². The highest BCUT2D eigenvalue weighted by Crippen LogP contribution is 2.52. The Labute approximate surface area is 208 Å². The Bertz CT molecular complexity index is 1050. The van der Waals surface area contributed by atoms with Gasteiger partial charge in [0.2, 0.25) is 0 Å². The monoisotopic (exact) mass is 510 g/mol. The van der Waals surface area contributed by atoms with Gasteiger partial charge < -0.3 is 0 Å². The van der Waals surface area contributed by atoms with Gasteiger partial charge >= 0.3 is 12.4 Å². The first kappa shape index (κ1) is 28.0. The normalized spacial score (nSPS) is 17.2. The molecule has 0 radical (unpaired) electrons. The molecule has 1 fully saturated rings. The van der Waals surface area contributed by atoms with Gasteiger partial charge in [-0.2, -0.15) is 31.6 Å². The molecule has 3 rings (SSSR count). The fraction of sp³-hybridized carbons (Fsp3) is 0.536. The maximum absolute atomic E-state index is 13.6. The number of nitrogens with zero attached hydrogens (tertiary/aromatic N) is 2. The number of hydrogen-bond donors (Lipinski definition) is 0. The Balaban J connectivity index is 1.86. The lowest BCUT2D eigenvalue weighted by molar-refractivity contribution is -0.162. The van der Waals surface area contributed by atoms with Crippen LogP contribution in [0.1, 0.15) is 68.7 Å². The van der Waals surface area contributed by atoms with Crippen LogP contribution in [0.25, 0.3) is 0 Å². The Morgan fingerprint density at radius 1 is 0.917 bits per heavy atom. The van der Waals surface area contributed by atoms with Gasteiger partial charge in [0.05, 0.1) is 22.6 Å². The maximum atomic E-state index is 13.6. The lowest BCUT2D eigenvalue weighted by Gasteiger charge is -2.36. The molecule has 1 saturated carbocycles. The van der Waals surface area contributed by atoms with E-state index in [0.29, 0.717) is 31.4 Å². The molecule has 196 valence electrons. The predicted octanol–water partition coefficient (Wildman–Crippen LogP) is 8.02. The molecule has 2 aromatic rings. The van der Waals surface area contributed by atoms with Crippen LogP contribution in [0.2, 0.25) is 0 Å². The van der Waals surface area contributed by atoms with Gasteiger partial charge in [-0.25, -0.2) is 0 Å². The average Bonchev–Trinajstić information content (AvgIpc) is 3.65. The van der Waals surface area contributed by atoms with Crippen molar-refractivity contribution < 1.29 is 26.3 Å². The standard InChI is InChI=1S/C28H32F6N2/c1-19(2)36(16-14-21-7-5-4-6-8-21)20(3)13-15-26(18-35,22-9-10-22)23-11-12-24(27(29,30)31)25(17-23)28(32,33)34/h4-8,11-12,17,19-20,22H,9-10,13-16H2,1-3H3. The molecule has 1 aliphatic carbocycles. The van der Waals surface area contributed by atoms with E-state index in [1.165, 1.54) is 5.56 Å². The van der Waals surface area contributed by atoms with E-state index in [4.69, 9.17) is 0 Å². The van der Waals surface area contributed by atoms with Crippen molar-refractivity contribution in [2.45, 2.75) is 82.7 Å². The highest BCUT2D eigenvalue weighted by atomic mass is 19.4. The first-order chi connectivity index (χ1) is 16.8. The van der Waals surface area contributed by atoms with Gasteiger partial charge in [0.1, 0.15) is 0 Å². The Hall–Kier alpha value is -2.53. The molecule has 0 saturated heterocycles. The molecule has 36 heavy (non-hydrogen) atoms. The summed E-state index contributed by atoms with van der Waals surface area (Å²) < 4.78 is 80.7. The molecule has 0 heterocycles. The lowest BCUT2D eigenvalue weighted by Crippen LogP contribution is -2.41. The Kier molecular flexibility index (Phi) is 8.44. The SMILES string of the molecule is CC(C)N(CCc1ccccc1)C(C)CCC(C#N)(c1ccc(C(F)(F)F)c(C(F)(F)F)c1)C1CC1. The van der Waals surface area contributed by atoms with Crippen LogP contribution in [0, 0.1) is 17.2 Å². The molecular formula is C28H32F6N2. The zero-order valence-corrected chi connectivity index (χ0v) is 20.8. The van der Waals surface area contributed by atoms with E-state index < -0.39 is 28.9 Å². The summed E-state index contributed by atoms with van der Waals surface area (Å²) in [5, 5.41) is 10.2.